The second-order valence-corrected chi connectivity index (χ2v) is 10.4. The lowest BCUT2D eigenvalue weighted by molar-refractivity contribution is -0.129. The van der Waals surface area contributed by atoms with Crippen molar-refractivity contribution < 1.29 is 18.4 Å². The molecule has 0 bridgehead atoms. The number of amides is 2. The van der Waals surface area contributed by atoms with Gasteiger partial charge in [0, 0.05) is 43.0 Å². The van der Waals surface area contributed by atoms with Crippen LogP contribution in [0.4, 0.5) is 26.4 Å². The zero-order chi connectivity index (χ0) is 27.0. The summed E-state index contributed by atoms with van der Waals surface area (Å²) in [5, 5.41) is 6.06. The molecule has 1 saturated heterocycles. The number of hydrogen-bond acceptors (Lipinski definition) is 7. The number of anilines is 3. The first-order chi connectivity index (χ1) is 18.2. The number of primary amides is 1. The lowest BCUT2D eigenvalue weighted by Crippen LogP contribution is -2.44. The minimum atomic E-state index is -0.855. The Bertz CT molecular complexity index is 1350. The number of nitrogens with two attached hydrogens (primary N) is 1. The maximum absolute atomic E-state index is 14.6. The van der Waals surface area contributed by atoms with Gasteiger partial charge < -0.3 is 21.3 Å². The normalized spacial score (nSPS) is 21.9. The van der Waals surface area contributed by atoms with Gasteiger partial charge in [-0.1, -0.05) is 11.6 Å². The molecule has 3 heterocycles. The lowest BCUT2D eigenvalue weighted by Gasteiger charge is -2.32. The van der Waals surface area contributed by atoms with E-state index in [9.17, 15) is 18.4 Å². The SMILES string of the molecule is CC(=O)N1CCCC(Nc2ncc3nc(Nc4c(F)cc(Cl)cc4F)n([C@H]4CC[C@@H](C(N)=O)CC4)c3n2)C1. The third-order valence-corrected chi connectivity index (χ3v) is 7.56. The summed E-state index contributed by atoms with van der Waals surface area (Å²) >= 11 is 5.79. The van der Waals surface area contributed by atoms with Crippen molar-refractivity contribution in [2.24, 2.45) is 11.7 Å². The molecule has 2 fully saturated rings. The third kappa shape index (κ3) is 5.35. The number of benzene rings is 1. The minimum absolute atomic E-state index is 0.0117. The quantitative estimate of drug-likeness (QED) is 0.423. The van der Waals surface area contributed by atoms with Gasteiger partial charge in [-0.05, 0) is 50.7 Å². The van der Waals surface area contributed by atoms with Crippen molar-refractivity contribution in [2.75, 3.05) is 23.7 Å². The van der Waals surface area contributed by atoms with Crippen LogP contribution in [0.25, 0.3) is 11.2 Å². The van der Waals surface area contributed by atoms with E-state index >= 15 is 0 Å². The second kappa shape index (κ2) is 10.7. The molecule has 0 radical (unpaired) electrons. The Balaban J connectivity index is 1.50. The van der Waals surface area contributed by atoms with Crippen LogP contribution in [-0.2, 0) is 9.59 Å². The number of imidazole rings is 1. The predicted octanol–water partition coefficient (Wildman–Crippen LogP) is 4.14. The number of halogens is 3. The Morgan fingerprint density at radius 1 is 1.11 bits per heavy atom. The summed E-state index contributed by atoms with van der Waals surface area (Å²) in [7, 11) is 0. The zero-order valence-electron chi connectivity index (χ0n) is 20.9. The summed E-state index contributed by atoms with van der Waals surface area (Å²) in [6.07, 6.45) is 5.69. The van der Waals surface area contributed by atoms with Gasteiger partial charge in [0.25, 0.3) is 0 Å². The third-order valence-electron chi connectivity index (χ3n) is 7.34. The number of carbonyl (C=O) groups is 2. The number of hydrogen-bond donors (Lipinski definition) is 3. The van der Waals surface area contributed by atoms with Crippen LogP contribution in [0.5, 0.6) is 0 Å². The molecule has 5 rings (SSSR count). The topological polar surface area (TPSA) is 131 Å². The molecule has 3 aromatic rings. The highest BCUT2D eigenvalue weighted by Gasteiger charge is 2.30. The van der Waals surface area contributed by atoms with Crippen LogP contribution >= 0.6 is 11.6 Å². The zero-order valence-corrected chi connectivity index (χ0v) is 21.6. The van der Waals surface area contributed by atoms with Crippen molar-refractivity contribution in [3.63, 3.8) is 0 Å². The van der Waals surface area contributed by atoms with Gasteiger partial charge in [0.15, 0.2) is 17.3 Å². The summed E-state index contributed by atoms with van der Waals surface area (Å²) in [6, 6.07) is 1.90. The fourth-order valence-corrected chi connectivity index (χ4v) is 5.54. The molecule has 1 unspecified atom stereocenters. The van der Waals surface area contributed by atoms with Crippen LogP contribution in [-0.4, -0.2) is 55.4 Å². The highest BCUT2D eigenvalue weighted by molar-refractivity contribution is 6.30. The summed E-state index contributed by atoms with van der Waals surface area (Å²) in [5.74, 6) is -1.66. The molecule has 2 aliphatic rings. The maximum atomic E-state index is 14.6. The van der Waals surface area contributed by atoms with Crippen LogP contribution in [0.2, 0.25) is 5.02 Å². The number of rotatable bonds is 6. The van der Waals surface area contributed by atoms with E-state index in [1.165, 1.54) is 0 Å². The number of likely N-dealkylation sites (tertiary alicyclic amines) is 1. The van der Waals surface area contributed by atoms with Crippen molar-refractivity contribution in [1.29, 1.82) is 0 Å². The van der Waals surface area contributed by atoms with Crippen LogP contribution in [0.1, 0.15) is 51.5 Å². The van der Waals surface area contributed by atoms with E-state index in [1.54, 1.807) is 18.0 Å². The monoisotopic (exact) mass is 546 g/mol. The maximum Gasteiger partial charge on any atom is 0.225 e. The molecule has 1 aromatic carbocycles. The fraction of sp³-hybridized carbons (Fsp3) is 0.480. The van der Waals surface area contributed by atoms with E-state index in [0.717, 1.165) is 31.5 Å². The van der Waals surface area contributed by atoms with E-state index in [1.807, 2.05) is 4.57 Å². The molecule has 38 heavy (non-hydrogen) atoms. The second-order valence-electron chi connectivity index (χ2n) is 9.93. The first kappa shape index (κ1) is 26.1. The van der Waals surface area contributed by atoms with Crippen LogP contribution in [0.3, 0.4) is 0 Å². The molecule has 0 spiro atoms. The van der Waals surface area contributed by atoms with E-state index < -0.39 is 11.6 Å². The molecule has 1 aliphatic carbocycles. The average molecular weight is 547 g/mol. The standard InChI is InChI=1S/C25H29ClF2N8O2/c1-13(37)35-8-2-3-16(12-35)31-24-30-11-20-23(34-24)36(17-6-4-14(5-7-17)22(29)38)25(32-20)33-21-18(27)9-15(26)10-19(21)28/h9-11,14,16-17H,2-8,12H2,1H3,(H2,29,38)(H,32,33)(H,30,31,34)/t14-,16?,17+. The highest BCUT2D eigenvalue weighted by atomic mass is 35.5. The van der Waals surface area contributed by atoms with Gasteiger partial charge in [0.2, 0.25) is 23.7 Å². The van der Waals surface area contributed by atoms with E-state index in [2.05, 4.69) is 20.6 Å². The lowest BCUT2D eigenvalue weighted by atomic mass is 9.85. The molecule has 1 aliphatic heterocycles. The van der Waals surface area contributed by atoms with Crippen molar-refractivity contribution in [1.82, 2.24) is 24.4 Å². The Morgan fingerprint density at radius 2 is 1.82 bits per heavy atom. The Hall–Kier alpha value is -3.54. The smallest absolute Gasteiger partial charge is 0.225 e. The van der Waals surface area contributed by atoms with Crippen LogP contribution in [0.15, 0.2) is 18.3 Å². The number of nitrogens with one attached hydrogen (secondary N) is 2. The van der Waals surface area contributed by atoms with Crippen LogP contribution < -0.4 is 16.4 Å². The fourth-order valence-electron chi connectivity index (χ4n) is 5.35. The van der Waals surface area contributed by atoms with Gasteiger partial charge >= 0.3 is 0 Å². The number of piperidine rings is 1. The van der Waals surface area contributed by atoms with E-state index in [-0.39, 0.29) is 46.5 Å². The van der Waals surface area contributed by atoms with Crippen molar-refractivity contribution in [3.05, 3.63) is 35.0 Å². The molecule has 1 atom stereocenters. The number of nitrogens with zero attached hydrogens (tertiary/aromatic N) is 5. The summed E-state index contributed by atoms with van der Waals surface area (Å²) in [4.78, 5) is 39.0. The Morgan fingerprint density at radius 3 is 2.47 bits per heavy atom. The largest absolute Gasteiger partial charge is 0.369 e. The van der Waals surface area contributed by atoms with Gasteiger partial charge in [0.05, 0.1) is 6.20 Å². The van der Waals surface area contributed by atoms with E-state index in [4.69, 9.17) is 22.3 Å². The average Bonchev–Trinajstić information content (AvgIpc) is 3.23. The first-order valence-electron chi connectivity index (χ1n) is 12.7. The van der Waals surface area contributed by atoms with Crippen molar-refractivity contribution in [2.45, 2.75) is 57.5 Å². The molecule has 1 saturated carbocycles. The van der Waals surface area contributed by atoms with Crippen molar-refractivity contribution >= 4 is 52.2 Å². The minimum Gasteiger partial charge on any atom is -0.369 e. The summed E-state index contributed by atoms with van der Waals surface area (Å²) in [6.45, 7) is 2.83. The number of fused-ring (bicyclic) bond motifs is 1. The van der Waals surface area contributed by atoms with E-state index in [0.29, 0.717) is 49.3 Å². The summed E-state index contributed by atoms with van der Waals surface area (Å²) < 4.78 is 31.1. The molecular formula is C25H29ClF2N8O2. The molecule has 13 heteroatoms. The van der Waals surface area contributed by atoms with Gasteiger partial charge in [-0.25, -0.2) is 18.7 Å². The molecule has 4 N–H and O–H groups in total. The van der Waals surface area contributed by atoms with Crippen molar-refractivity contribution in [3.8, 4) is 0 Å². The first-order valence-corrected chi connectivity index (χ1v) is 13.0. The number of aromatic nitrogens is 4. The molecule has 10 nitrogen and oxygen atoms in total. The Kier molecular flexibility index (Phi) is 7.33. The number of carbonyl (C=O) groups excluding carboxylic acids is 2. The van der Waals surface area contributed by atoms with Gasteiger partial charge in [-0.3, -0.25) is 14.2 Å². The highest BCUT2D eigenvalue weighted by Crippen LogP contribution is 2.37. The molecular weight excluding hydrogens is 518 g/mol. The van der Waals surface area contributed by atoms with Gasteiger partial charge in [-0.15, -0.1) is 0 Å². The summed E-state index contributed by atoms with van der Waals surface area (Å²) in [5.41, 5.74) is 6.07. The van der Waals surface area contributed by atoms with Gasteiger partial charge in [-0.2, -0.15) is 4.98 Å². The predicted molar refractivity (Wildman–Crippen MR) is 139 cm³/mol. The van der Waals surface area contributed by atoms with Gasteiger partial charge in [0.1, 0.15) is 11.2 Å². The Labute approximate surface area is 223 Å². The molecule has 2 amide bonds. The van der Waals surface area contributed by atoms with Crippen LogP contribution in [0, 0.1) is 17.6 Å². The molecule has 202 valence electrons. The molecule has 2 aromatic heterocycles.